The van der Waals surface area contributed by atoms with Crippen LogP contribution < -0.4 is 16.0 Å². The average Bonchev–Trinajstić information content (AvgIpc) is 2.74. The van der Waals surface area contributed by atoms with E-state index in [1.165, 1.54) is 19.1 Å². The van der Waals surface area contributed by atoms with Gasteiger partial charge in [0.15, 0.2) is 0 Å². The maximum absolute atomic E-state index is 13.0. The van der Waals surface area contributed by atoms with Crippen molar-refractivity contribution >= 4 is 29.1 Å². The summed E-state index contributed by atoms with van der Waals surface area (Å²) in [5.41, 5.74) is 2.18. The van der Waals surface area contributed by atoms with E-state index in [1.54, 1.807) is 48.2 Å². The smallest absolute Gasteiger partial charge is 0.238 e. The summed E-state index contributed by atoms with van der Waals surface area (Å²) in [6.07, 6.45) is 0.597. The molecule has 0 fully saturated rings. The van der Waals surface area contributed by atoms with E-state index >= 15 is 0 Å². The molecule has 2 aromatic rings. The SMILES string of the molecule is CCN(CC(=O)Nc1ccc(NC(C)=O)cc1)C(C)C(=O)NCCc1ccc(F)cc1. The minimum absolute atomic E-state index is 0.0660. The number of likely N-dealkylation sites (N-methyl/N-ethyl adjacent to an activating group) is 1. The van der Waals surface area contributed by atoms with Gasteiger partial charge in [-0.2, -0.15) is 0 Å². The number of carbonyl (C=O) groups is 3. The summed E-state index contributed by atoms with van der Waals surface area (Å²) >= 11 is 0. The first-order chi connectivity index (χ1) is 14.8. The van der Waals surface area contributed by atoms with Gasteiger partial charge >= 0.3 is 0 Å². The fourth-order valence-electron chi connectivity index (χ4n) is 3.04. The van der Waals surface area contributed by atoms with Crippen LogP contribution in [0.1, 0.15) is 26.3 Å². The molecule has 8 heteroatoms. The average molecular weight is 429 g/mol. The zero-order valence-corrected chi connectivity index (χ0v) is 18.1. The second-order valence-corrected chi connectivity index (χ2v) is 7.21. The minimum Gasteiger partial charge on any atom is -0.354 e. The molecule has 0 radical (unpaired) electrons. The van der Waals surface area contributed by atoms with E-state index in [-0.39, 0.29) is 30.1 Å². The van der Waals surface area contributed by atoms with Gasteiger partial charge in [-0.05, 0) is 61.9 Å². The molecule has 7 nitrogen and oxygen atoms in total. The van der Waals surface area contributed by atoms with Crippen LogP contribution in [0.2, 0.25) is 0 Å². The molecule has 0 saturated carbocycles. The molecule has 3 amide bonds. The zero-order valence-electron chi connectivity index (χ0n) is 18.1. The standard InChI is InChI=1S/C23H29FN4O3/c1-4-28(15-22(30)27-21-11-9-20(10-12-21)26-17(3)29)16(2)23(31)25-14-13-18-5-7-19(24)8-6-18/h5-12,16H,4,13-15H2,1-3H3,(H,25,31)(H,26,29)(H,27,30). The number of carbonyl (C=O) groups excluding carboxylic acids is 3. The summed E-state index contributed by atoms with van der Waals surface area (Å²) in [5.74, 6) is -0.862. The van der Waals surface area contributed by atoms with Crippen LogP contribution in [0.25, 0.3) is 0 Å². The van der Waals surface area contributed by atoms with E-state index in [0.29, 0.717) is 30.9 Å². The molecular weight excluding hydrogens is 399 g/mol. The number of benzene rings is 2. The van der Waals surface area contributed by atoms with Crippen LogP contribution in [0, 0.1) is 5.82 Å². The summed E-state index contributed by atoms with van der Waals surface area (Å²) in [7, 11) is 0. The first kappa shape index (κ1) is 24.0. The highest BCUT2D eigenvalue weighted by atomic mass is 19.1. The van der Waals surface area contributed by atoms with E-state index in [1.807, 2.05) is 6.92 Å². The molecule has 0 saturated heterocycles. The van der Waals surface area contributed by atoms with Crippen molar-refractivity contribution in [3.8, 4) is 0 Å². The molecule has 0 bridgehead atoms. The van der Waals surface area contributed by atoms with Crippen LogP contribution in [0.4, 0.5) is 15.8 Å². The fourth-order valence-corrected chi connectivity index (χ4v) is 3.04. The molecule has 0 spiro atoms. The van der Waals surface area contributed by atoms with Gasteiger partial charge in [-0.3, -0.25) is 19.3 Å². The fraction of sp³-hybridized carbons (Fsp3) is 0.348. The van der Waals surface area contributed by atoms with Crippen molar-refractivity contribution in [2.75, 3.05) is 30.3 Å². The molecule has 3 N–H and O–H groups in total. The van der Waals surface area contributed by atoms with Gasteiger partial charge in [-0.15, -0.1) is 0 Å². The highest BCUT2D eigenvalue weighted by molar-refractivity contribution is 5.93. The van der Waals surface area contributed by atoms with Crippen molar-refractivity contribution in [2.24, 2.45) is 0 Å². The number of hydrogen-bond donors (Lipinski definition) is 3. The van der Waals surface area contributed by atoms with Crippen molar-refractivity contribution < 1.29 is 18.8 Å². The molecule has 0 aliphatic heterocycles. The van der Waals surface area contributed by atoms with E-state index in [0.717, 1.165) is 5.56 Å². The van der Waals surface area contributed by atoms with Gasteiger partial charge in [0.2, 0.25) is 17.7 Å². The second kappa shape index (κ2) is 11.8. The highest BCUT2D eigenvalue weighted by Crippen LogP contribution is 2.13. The molecule has 2 rings (SSSR count). The van der Waals surface area contributed by atoms with Crippen LogP contribution in [0.5, 0.6) is 0 Å². The van der Waals surface area contributed by atoms with Gasteiger partial charge in [-0.1, -0.05) is 19.1 Å². The molecule has 0 heterocycles. The third-order valence-electron chi connectivity index (χ3n) is 4.80. The second-order valence-electron chi connectivity index (χ2n) is 7.21. The Morgan fingerprint density at radius 1 is 0.968 bits per heavy atom. The van der Waals surface area contributed by atoms with Gasteiger partial charge in [0.05, 0.1) is 12.6 Å². The Bertz CT molecular complexity index is 885. The Labute approximate surface area is 182 Å². The Balaban J connectivity index is 1.81. The van der Waals surface area contributed by atoms with Crippen molar-refractivity contribution in [1.29, 1.82) is 0 Å². The lowest BCUT2D eigenvalue weighted by molar-refractivity contribution is -0.127. The number of hydrogen-bond acceptors (Lipinski definition) is 4. The predicted molar refractivity (Wildman–Crippen MR) is 119 cm³/mol. The normalized spacial score (nSPS) is 11.6. The van der Waals surface area contributed by atoms with E-state index in [9.17, 15) is 18.8 Å². The number of nitrogens with one attached hydrogen (secondary N) is 3. The van der Waals surface area contributed by atoms with Crippen LogP contribution >= 0.6 is 0 Å². The van der Waals surface area contributed by atoms with Gasteiger partial charge in [0.1, 0.15) is 5.82 Å². The summed E-state index contributed by atoms with van der Waals surface area (Å²) in [6, 6.07) is 12.5. The first-order valence-corrected chi connectivity index (χ1v) is 10.2. The Hall–Kier alpha value is -3.26. The van der Waals surface area contributed by atoms with Crippen molar-refractivity contribution in [2.45, 2.75) is 33.2 Å². The van der Waals surface area contributed by atoms with E-state index < -0.39 is 6.04 Å². The van der Waals surface area contributed by atoms with Crippen molar-refractivity contribution in [3.63, 3.8) is 0 Å². The highest BCUT2D eigenvalue weighted by Gasteiger charge is 2.22. The minimum atomic E-state index is -0.480. The number of rotatable bonds is 10. The van der Waals surface area contributed by atoms with E-state index in [2.05, 4.69) is 16.0 Å². The molecule has 1 unspecified atom stereocenters. The maximum Gasteiger partial charge on any atom is 0.238 e. The summed E-state index contributed by atoms with van der Waals surface area (Å²) in [6.45, 7) is 6.09. The maximum atomic E-state index is 13.0. The van der Waals surface area contributed by atoms with Crippen LogP contribution in [0.3, 0.4) is 0 Å². The molecule has 0 aromatic heterocycles. The Morgan fingerprint density at radius 2 is 1.55 bits per heavy atom. The van der Waals surface area contributed by atoms with Gasteiger partial charge in [-0.25, -0.2) is 4.39 Å². The van der Waals surface area contributed by atoms with Crippen molar-refractivity contribution in [1.82, 2.24) is 10.2 Å². The lowest BCUT2D eigenvalue weighted by Crippen LogP contribution is -2.48. The van der Waals surface area contributed by atoms with Crippen LogP contribution in [-0.2, 0) is 20.8 Å². The molecular formula is C23H29FN4O3. The van der Waals surface area contributed by atoms with Gasteiger partial charge < -0.3 is 16.0 Å². The largest absolute Gasteiger partial charge is 0.354 e. The number of anilines is 2. The Morgan fingerprint density at radius 3 is 2.10 bits per heavy atom. The first-order valence-electron chi connectivity index (χ1n) is 10.2. The van der Waals surface area contributed by atoms with Crippen LogP contribution in [-0.4, -0.2) is 48.3 Å². The zero-order chi connectivity index (χ0) is 22.8. The third-order valence-corrected chi connectivity index (χ3v) is 4.80. The topological polar surface area (TPSA) is 90.5 Å². The summed E-state index contributed by atoms with van der Waals surface area (Å²) < 4.78 is 13.0. The van der Waals surface area contributed by atoms with E-state index in [4.69, 9.17) is 0 Å². The summed E-state index contributed by atoms with van der Waals surface area (Å²) in [4.78, 5) is 37.7. The number of nitrogens with zero attached hydrogens (tertiary/aromatic N) is 1. The van der Waals surface area contributed by atoms with Gasteiger partial charge in [0, 0.05) is 24.8 Å². The number of halogens is 1. The van der Waals surface area contributed by atoms with Gasteiger partial charge in [0.25, 0.3) is 0 Å². The quantitative estimate of drug-likeness (QED) is 0.543. The molecule has 31 heavy (non-hydrogen) atoms. The third kappa shape index (κ3) is 8.18. The number of amides is 3. The summed E-state index contributed by atoms with van der Waals surface area (Å²) in [5, 5.41) is 8.32. The lowest BCUT2D eigenvalue weighted by atomic mass is 10.1. The molecule has 0 aliphatic rings. The monoisotopic (exact) mass is 428 g/mol. The molecule has 1 atom stereocenters. The lowest BCUT2D eigenvalue weighted by Gasteiger charge is -2.26. The van der Waals surface area contributed by atoms with Crippen molar-refractivity contribution in [3.05, 3.63) is 59.9 Å². The molecule has 0 aliphatic carbocycles. The predicted octanol–water partition coefficient (Wildman–Crippen LogP) is 2.79. The molecule has 166 valence electrons. The molecule has 2 aromatic carbocycles. The van der Waals surface area contributed by atoms with Crippen LogP contribution in [0.15, 0.2) is 48.5 Å². The Kier molecular flexibility index (Phi) is 9.14.